The number of carbonyl (C=O) groups is 2. The lowest BCUT2D eigenvalue weighted by atomic mass is 9.99. The van der Waals surface area contributed by atoms with Crippen molar-refractivity contribution in [1.82, 2.24) is 19.2 Å². The molecular weight excluding hydrogens is 508 g/mol. The van der Waals surface area contributed by atoms with Crippen molar-refractivity contribution in [2.45, 2.75) is 62.9 Å². The number of nitrogens with zero attached hydrogens (tertiary/aromatic N) is 2. The van der Waals surface area contributed by atoms with Gasteiger partial charge in [0.2, 0.25) is 26.0 Å². The third-order valence-electron chi connectivity index (χ3n) is 5.65. The summed E-state index contributed by atoms with van der Waals surface area (Å²) in [5, 5.41) is 5.28. The molecule has 0 unspecified atom stereocenters. The number of rotatable bonds is 10. The van der Waals surface area contributed by atoms with Crippen molar-refractivity contribution in [1.29, 1.82) is 0 Å². The Bertz CT molecular complexity index is 1110. The monoisotopic (exact) mass is 546 g/mol. The van der Waals surface area contributed by atoms with E-state index in [4.69, 9.17) is 4.74 Å². The summed E-state index contributed by atoms with van der Waals surface area (Å²) < 4.78 is 59.4. The average molecular weight is 547 g/mol. The number of piperidine rings is 1. The summed E-state index contributed by atoms with van der Waals surface area (Å²) in [6.07, 6.45) is 0.475. The molecule has 2 amide bonds. The quantitative estimate of drug-likeness (QED) is 0.426. The summed E-state index contributed by atoms with van der Waals surface area (Å²) in [7, 11) is -7.60. The molecule has 1 aromatic rings. The predicted octanol–water partition coefficient (Wildman–Crippen LogP) is 1.76. The smallest absolute Gasteiger partial charge is 0.407 e. The van der Waals surface area contributed by atoms with E-state index in [1.54, 1.807) is 34.6 Å². The van der Waals surface area contributed by atoms with Crippen LogP contribution in [0.1, 0.15) is 47.5 Å². The highest BCUT2D eigenvalue weighted by Gasteiger charge is 2.33. The fourth-order valence-electron chi connectivity index (χ4n) is 3.83. The van der Waals surface area contributed by atoms with Crippen molar-refractivity contribution in [3.05, 3.63) is 24.3 Å². The molecule has 1 atom stereocenters. The van der Waals surface area contributed by atoms with Crippen LogP contribution in [0.2, 0.25) is 0 Å². The van der Waals surface area contributed by atoms with Gasteiger partial charge in [0.15, 0.2) is 0 Å². The second-order valence-electron chi connectivity index (χ2n) is 9.48. The van der Waals surface area contributed by atoms with Crippen molar-refractivity contribution < 1.29 is 31.2 Å². The number of benzene rings is 1. The van der Waals surface area contributed by atoms with Gasteiger partial charge in [-0.05, 0) is 57.9 Å². The first-order valence-corrected chi connectivity index (χ1v) is 14.9. The van der Waals surface area contributed by atoms with E-state index < -0.39 is 37.7 Å². The number of amides is 2. The minimum atomic E-state index is -3.90. The minimum absolute atomic E-state index is 0.0210. The molecule has 0 spiro atoms. The summed E-state index contributed by atoms with van der Waals surface area (Å²) in [5.74, 6) is -0.820. The molecule has 1 saturated heterocycles. The number of hydrogen-bond donors (Lipinski definition) is 2. The number of sulfonamides is 2. The van der Waals surface area contributed by atoms with Crippen LogP contribution in [0.5, 0.6) is 0 Å². The van der Waals surface area contributed by atoms with Gasteiger partial charge in [0, 0.05) is 39.3 Å². The standard InChI is InChI=1S/C23H38N4O7S2/c1-6-26(7-2)35(30,31)19-10-12-20(13-11-19)36(32,33)27-16-8-9-18(17-27)21(28)24-14-15-25-22(29)34-23(3,4)5/h10-13,18H,6-9,14-17H2,1-5H3,(H,24,28)(H,25,29)/t18-/m1/s1. The van der Waals surface area contributed by atoms with E-state index in [1.165, 1.54) is 32.9 Å². The van der Waals surface area contributed by atoms with E-state index in [9.17, 15) is 26.4 Å². The molecule has 0 radical (unpaired) electrons. The second-order valence-corrected chi connectivity index (χ2v) is 13.4. The molecule has 13 heteroatoms. The van der Waals surface area contributed by atoms with E-state index in [2.05, 4.69) is 10.6 Å². The molecule has 1 fully saturated rings. The van der Waals surface area contributed by atoms with Gasteiger partial charge in [-0.3, -0.25) is 4.79 Å². The Morgan fingerprint density at radius 2 is 1.56 bits per heavy atom. The molecule has 1 aliphatic rings. The Morgan fingerprint density at radius 1 is 1.00 bits per heavy atom. The first-order valence-electron chi connectivity index (χ1n) is 12.1. The summed E-state index contributed by atoms with van der Waals surface area (Å²) in [6, 6.07) is 5.17. The van der Waals surface area contributed by atoms with Crippen LogP contribution in [-0.4, -0.2) is 82.3 Å². The third kappa shape index (κ3) is 7.89. The first-order chi connectivity index (χ1) is 16.7. The molecule has 2 rings (SSSR count). The highest BCUT2D eigenvalue weighted by atomic mass is 32.2. The number of alkyl carbamates (subject to hydrolysis) is 1. The van der Waals surface area contributed by atoms with Crippen molar-refractivity contribution in [2.24, 2.45) is 5.92 Å². The molecule has 0 saturated carbocycles. The highest BCUT2D eigenvalue weighted by Crippen LogP contribution is 2.25. The van der Waals surface area contributed by atoms with Crippen LogP contribution < -0.4 is 10.6 Å². The van der Waals surface area contributed by atoms with Gasteiger partial charge in [-0.1, -0.05) is 13.8 Å². The van der Waals surface area contributed by atoms with Gasteiger partial charge in [-0.25, -0.2) is 21.6 Å². The van der Waals surface area contributed by atoms with Crippen molar-refractivity contribution in [3.63, 3.8) is 0 Å². The summed E-state index contributed by atoms with van der Waals surface area (Å²) in [5.41, 5.74) is -0.621. The zero-order valence-electron chi connectivity index (χ0n) is 21.6. The van der Waals surface area contributed by atoms with Gasteiger partial charge in [-0.2, -0.15) is 8.61 Å². The van der Waals surface area contributed by atoms with Gasteiger partial charge in [0.05, 0.1) is 15.7 Å². The van der Waals surface area contributed by atoms with Crippen molar-refractivity contribution in [2.75, 3.05) is 39.3 Å². The van der Waals surface area contributed by atoms with Crippen LogP contribution in [0.3, 0.4) is 0 Å². The molecule has 1 aromatic carbocycles. The molecule has 2 N–H and O–H groups in total. The molecule has 36 heavy (non-hydrogen) atoms. The molecule has 11 nitrogen and oxygen atoms in total. The van der Waals surface area contributed by atoms with E-state index >= 15 is 0 Å². The van der Waals surface area contributed by atoms with Crippen LogP contribution in [0.25, 0.3) is 0 Å². The van der Waals surface area contributed by atoms with Crippen LogP contribution >= 0.6 is 0 Å². The summed E-state index contributed by atoms with van der Waals surface area (Å²) in [4.78, 5) is 24.3. The normalized spacial score (nSPS) is 17.6. The molecule has 1 aliphatic heterocycles. The van der Waals surface area contributed by atoms with Crippen LogP contribution in [0.4, 0.5) is 4.79 Å². The minimum Gasteiger partial charge on any atom is -0.444 e. The molecule has 0 aromatic heterocycles. The Balaban J connectivity index is 1.98. The maximum atomic E-state index is 13.2. The average Bonchev–Trinajstić information content (AvgIpc) is 2.81. The van der Waals surface area contributed by atoms with Gasteiger partial charge < -0.3 is 15.4 Å². The Kier molecular flexibility index (Phi) is 10.3. The molecule has 0 aliphatic carbocycles. The Labute approximate surface area is 214 Å². The van der Waals surface area contributed by atoms with Crippen LogP contribution in [0.15, 0.2) is 34.1 Å². The lowest BCUT2D eigenvalue weighted by molar-refractivity contribution is -0.126. The number of carbonyl (C=O) groups excluding carboxylic acids is 2. The Morgan fingerprint density at radius 3 is 2.11 bits per heavy atom. The fraction of sp³-hybridized carbons (Fsp3) is 0.652. The lowest BCUT2D eigenvalue weighted by Crippen LogP contribution is -2.46. The highest BCUT2D eigenvalue weighted by molar-refractivity contribution is 7.89. The van der Waals surface area contributed by atoms with Crippen LogP contribution in [-0.2, 0) is 29.6 Å². The van der Waals surface area contributed by atoms with Gasteiger partial charge >= 0.3 is 6.09 Å². The van der Waals surface area contributed by atoms with Gasteiger partial charge in [0.1, 0.15) is 5.60 Å². The molecule has 204 valence electrons. The van der Waals surface area contributed by atoms with Crippen molar-refractivity contribution >= 4 is 32.0 Å². The van der Waals surface area contributed by atoms with Gasteiger partial charge in [-0.15, -0.1) is 0 Å². The lowest BCUT2D eigenvalue weighted by Gasteiger charge is -2.31. The maximum absolute atomic E-state index is 13.2. The predicted molar refractivity (Wildman–Crippen MR) is 135 cm³/mol. The largest absolute Gasteiger partial charge is 0.444 e. The van der Waals surface area contributed by atoms with E-state index in [0.717, 1.165) is 0 Å². The van der Waals surface area contributed by atoms with Gasteiger partial charge in [0.25, 0.3) is 0 Å². The number of ether oxygens (including phenoxy) is 1. The summed E-state index contributed by atoms with van der Waals surface area (Å²) >= 11 is 0. The number of hydrogen-bond acceptors (Lipinski definition) is 7. The first kappa shape index (κ1) is 30.0. The van der Waals surface area contributed by atoms with Crippen molar-refractivity contribution in [3.8, 4) is 0 Å². The zero-order chi connectivity index (χ0) is 27.1. The summed E-state index contributed by atoms with van der Waals surface area (Å²) in [6.45, 7) is 10.0. The number of nitrogens with one attached hydrogen (secondary N) is 2. The third-order valence-corrected chi connectivity index (χ3v) is 9.60. The Hall–Kier alpha value is -2.22. The topological polar surface area (TPSA) is 142 Å². The van der Waals surface area contributed by atoms with E-state index in [-0.39, 0.29) is 41.9 Å². The second kappa shape index (κ2) is 12.3. The molecular formula is C23H38N4O7S2. The zero-order valence-corrected chi connectivity index (χ0v) is 23.2. The SMILES string of the molecule is CCN(CC)S(=O)(=O)c1ccc(S(=O)(=O)N2CCC[C@@H](C(=O)NCCNC(=O)OC(C)(C)C)C2)cc1. The maximum Gasteiger partial charge on any atom is 0.407 e. The molecule has 0 bridgehead atoms. The van der Waals surface area contributed by atoms with E-state index in [1.807, 2.05) is 0 Å². The van der Waals surface area contributed by atoms with Crippen LogP contribution in [0, 0.1) is 5.92 Å². The molecule has 1 heterocycles. The fourth-order valence-corrected chi connectivity index (χ4v) is 6.81. The van der Waals surface area contributed by atoms with E-state index in [0.29, 0.717) is 25.9 Å².